The van der Waals surface area contributed by atoms with Gasteiger partial charge in [-0.2, -0.15) is 5.26 Å². The average Bonchev–Trinajstić information content (AvgIpc) is 2.98. The van der Waals surface area contributed by atoms with Crippen molar-refractivity contribution in [3.05, 3.63) is 101 Å². The lowest BCUT2D eigenvalue weighted by Crippen LogP contribution is -2.07. The molecule has 3 rings (SSSR count). The number of halogens is 1. The van der Waals surface area contributed by atoms with Crippen LogP contribution in [0.2, 0.25) is 0 Å². The number of nitrogens with zero attached hydrogens (tertiary/aromatic N) is 2. The summed E-state index contributed by atoms with van der Waals surface area (Å²) in [4.78, 5) is 17.0. The van der Waals surface area contributed by atoms with Crippen molar-refractivity contribution in [3.63, 3.8) is 0 Å². The molecule has 1 N–H and O–H groups in total. The maximum atomic E-state index is 12.2. The molecular formula is C35H47FN2O2. The molecule has 0 aliphatic rings. The highest BCUT2D eigenvalue weighted by Gasteiger charge is 2.13. The number of hydrogen-bond donors (Lipinski definition) is 1. The van der Waals surface area contributed by atoms with Crippen LogP contribution in [0, 0.1) is 31.0 Å². The van der Waals surface area contributed by atoms with Crippen molar-refractivity contribution < 1.29 is 14.3 Å². The second kappa shape index (κ2) is 22.2. The van der Waals surface area contributed by atoms with Crippen LogP contribution in [0.1, 0.15) is 102 Å². The lowest BCUT2D eigenvalue weighted by atomic mass is 10.00. The average molecular weight is 547 g/mol. The predicted octanol–water partition coefficient (Wildman–Crippen LogP) is 9.79. The van der Waals surface area contributed by atoms with E-state index in [2.05, 4.69) is 13.0 Å². The number of carbonyl (C=O) groups excluding carboxylic acids is 1. The molecule has 0 aliphatic carbocycles. The van der Waals surface area contributed by atoms with Gasteiger partial charge >= 0.3 is 0 Å². The molecular weight excluding hydrogens is 499 g/mol. The first kappa shape index (κ1) is 36.4. The molecule has 216 valence electrons. The summed E-state index contributed by atoms with van der Waals surface area (Å²) in [6, 6.07) is 23.3. The maximum Gasteiger partial charge on any atom is 0.135 e. The molecule has 1 atom stereocenters. The maximum absolute atomic E-state index is 12.2. The molecule has 0 saturated heterocycles. The molecule has 3 aromatic rings. The minimum absolute atomic E-state index is 0.0711. The highest BCUT2D eigenvalue weighted by molar-refractivity contribution is 5.88. The van der Waals surface area contributed by atoms with Crippen LogP contribution in [0.25, 0.3) is 0 Å². The van der Waals surface area contributed by atoms with Crippen molar-refractivity contribution in [1.29, 1.82) is 5.26 Å². The van der Waals surface area contributed by atoms with E-state index in [9.17, 15) is 14.3 Å². The molecule has 0 saturated carbocycles. The Hall–Kier alpha value is -3.62. The molecule has 0 amide bonds. The Bertz CT molecular complexity index is 1150. The number of hydrogen-bond acceptors (Lipinski definition) is 4. The van der Waals surface area contributed by atoms with Gasteiger partial charge in [-0.1, -0.05) is 89.1 Å². The summed E-state index contributed by atoms with van der Waals surface area (Å²) < 4.78 is 12.1. The van der Waals surface area contributed by atoms with E-state index in [-0.39, 0.29) is 18.0 Å². The lowest BCUT2D eigenvalue weighted by molar-refractivity contribution is -0.121. The van der Waals surface area contributed by atoms with E-state index in [0.29, 0.717) is 12.0 Å². The number of Topliss-reactive ketones (excluding diaryl/α,β-unsaturated/α-hetero) is 1. The lowest BCUT2D eigenvalue weighted by Gasteiger charge is -2.11. The molecule has 0 bridgehead atoms. The SMILES string of the molecule is CC.CC.CCCC(CCCC(=O)C[C@@H](O)c1ccccc1)=Nc1ccc(C#N)cc1C.Cc1ccc(F)cc1. The molecule has 0 aromatic heterocycles. The molecule has 0 unspecified atom stereocenters. The normalized spacial score (nSPS) is 10.8. The molecule has 5 heteroatoms. The highest BCUT2D eigenvalue weighted by Crippen LogP contribution is 2.22. The topological polar surface area (TPSA) is 73.4 Å². The monoisotopic (exact) mass is 546 g/mol. The van der Waals surface area contributed by atoms with E-state index in [1.165, 1.54) is 12.1 Å². The minimum Gasteiger partial charge on any atom is -0.388 e. The number of benzene rings is 3. The van der Waals surface area contributed by atoms with Crippen molar-refractivity contribution in [3.8, 4) is 6.07 Å². The molecule has 0 aliphatic heterocycles. The molecule has 4 nitrogen and oxygen atoms in total. The van der Waals surface area contributed by atoms with E-state index in [1.807, 2.05) is 84.0 Å². The Morgan fingerprint density at radius 3 is 2.08 bits per heavy atom. The third-order valence-electron chi connectivity index (χ3n) is 5.68. The van der Waals surface area contributed by atoms with Gasteiger partial charge in [-0.15, -0.1) is 0 Å². The molecule has 40 heavy (non-hydrogen) atoms. The van der Waals surface area contributed by atoms with Gasteiger partial charge in [-0.25, -0.2) is 4.39 Å². The van der Waals surface area contributed by atoms with E-state index >= 15 is 0 Å². The summed E-state index contributed by atoms with van der Waals surface area (Å²) in [5.41, 5.74) is 5.44. The number of aliphatic hydroxyl groups excluding tert-OH is 1. The highest BCUT2D eigenvalue weighted by atomic mass is 19.1. The van der Waals surface area contributed by atoms with Gasteiger partial charge in [0.05, 0.1) is 23.4 Å². The van der Waals surface area contributed by atoms with Gasteiger partial charge in [0.1, 0.15) is 11.6 Å². The fraction of sp³-hybridized carbons (Fsp3) is 0.400. The van der Waals surface area contributed by atoms with Gasteiger partial charge < -0.3 is 5.11 Å². The Balaban J connectivity index is 0.00000106. The summed E-state index contributed by atoms with van der Waals surface area (Å²) in [6.45, 7) is 14.0. The smallest absolute Gasteiger partial charge is 0.135 e. The van der Waals surface area contributed by atoms with Gasteiger partial charge in [0.25, 0.3) is 0 Å². The van der Waals surface area contributed by atoms with Gasteiger partial charge in [0.2, 0.25) is 0 Å². The van der Waals surface area contributed by atoms with Crippen LogP contribution in [0.15, 0.2) is 77.8 Å². The number of nitriles is 1. The van der Waals surface area contributed by atoms with Crippen molar-refractivity contribution in [2.45, 2.75) is 93.1 Å². The second-order valence-corrected chi connectivity index (χ2v) is 8.86. The van der Waals surface area contributed by atoms with Crippen molar-refractivity contribution in [2.24, 2.45) is 4.99 Å². The molecule has 0 radical (unpaired) electrons. The third-order valence-corrected chi connectivity index (χ3v) is 5.68. The van der Waals surface area contributed by atoms with Crippen LogP contribution in [0.4, 0.5) is 10.1 Å². The van der Waals surface area contributed by atoms with Crippen LogP contribution < -0.4 is 0 Å². The Morgan fingerprint density at radius 2 is 1.55 bits per heavy atom. The van der Waals surface area contributed by atoms with Gasteiger partial charge in [-0.3, -0.25) is 9.79 Å². The first-order valence-electron chi connectivity index (χ1n) is 14.4. The fourth-order valence-corrected chi connectivity index (χ4v) is 3.68. The molecule has 0 heterocycles. The molecule has 3 aromatic carbocycles. The minimum atomic E-state index is -0.737. The molecule has 0 fully saturated rings. The predicted molar refractivity (Wildman–Crippen MR) is 167 cm³/mol. The first-order valence-corrected chi connectivity index (χ1v) is 14.4. The number of aryl methyl sites for hydroxylation is 2. The molecule has 0 spiro atoms. The summed E-state index contributed by atoms with van der Waals surface area (Å²) in [7, 11) is 0. The van der Waals surface area contributed by atoms with E-state index in [0.717, 1.165) is 53.8 Å². The van der Waals surface area contributed by atoms with Crippen molar-refractivity contribution >= 4 is 17.2 Å². The van der Waals surface area contributed by atoms with Gasteiger partial charge in [-0.05, 0) is 74.6 Å². The van der Waals surface area contributed by atoms with Crippen LogP contribution in [-0.4, -0.2) is 16.6 Å². The van der Waals surface area contributed by atoms with E-state index < -0.39 is 6.10 Å². The van der Waals surface area contributed by atoms with Crippen LogP contribution >= 0.6 is 0 Å². The van der Waals surface area contributed by atoms with Gasteiger partial charge in [0.15, 0.2) is 0 Å². The standard InChI is InChI=1S/C24H28N2O2.C7H7F.2C2H6/c1-3-8-21(26-23-14-13-19(17-25)15-18(23)2)11-7-12-22(27)16-24(28)20-9-5-4-6-10-20;1-6-2-4-7(8)5-3-6;2*1-2/h4-6,9-10,13-15,24,28H,3,7-8,11-12,16H2,1-2H3;2-5H,1H3;2*1-2H3/t24-;;;/m1.../s1. The summed E-state index contributed by atoms with van der Waals surface area (Å²) >= 11 is 0. The Labute approximate surface area is 241 Å². The Kier molecular flexibility index (Phi) is 20.2. The van der Waals surface area contributed by atoms with Crippen molar-refractivity contribution in [2.75, 3.05) is 0 Å². The van der Waals surface area contributed by atoms with Crippen LogP contribution in [-0.2, 0) is 4.79 Å². The van der Waals surface area contributed by atoms with Crippen LogP contribution in [0.5, 0.6) is 0 Å². The first-order chi connectivity index (χ1) is 19.3. The number of rotatable bonds is 10. The zero-order valence-corrected chi connectivity index (χ0v) is 25.4. The number of aliphatic imine (C=N–C) groups is 1. The van der Waals surface area contributed by atoms with E-state index in [1.54, 1.807) is 18.2 Å². The fourth-order valence-electron chi connectivity index (χ4n) is 3.68. The summed E-state index contributed by atoms with van der Waals surface area (Å²) in [5, 5.41) is 19.2. The van der Waals surface area contributed by atoms with Crippen molar-refractivity contribution in [1.82, 2.24) is 0 Å². The zero-order valence-electron chi connectivity index (χ0n) is 25.4. The quantitative estimate of drug-likeness (QED) is 0.257. The third kappa shape index (κ3) is 15.1. The Morgan fingerprint density at radius 1 is 0.925 bits per heavy atom. The summed E-state index contributed by atoms with van der Waals surface area (Å²) in [6.07, 6.45) is 3.24. The number of aliphatic hydroxyl groups is 1. The van der Waals surface area contributed by atoms with E-state index in [4.69, 9.17) is 10.3 Å². The summed E-state index contributed by atoms with van der Waals surface area (Å²) in [5.74, 6) is -0.0997. The zero-order chi connectivity index (χ0) is 30.3. The number of carbonyl (C=O) groups is 1. The number of ketones is 1. The van der Waals surface area contributed by atoms with Gasteiger partial charge in [0, 0.05) is 18.6 Å². The second-order valence-electron chi connectivity index (χ2n) is 8.86. The largest absolute Gasteiger partial charge is 0.388 e. The van der Waals surface area contributed by atoms with Crippen LogP contribution in [0.3, 0.4) is 0 Å².